The molecule has 130 valence electrons. The Morgan fingerprint density at radius 3 is 2.92 bits per heavy atom. The second-order valence-corrected chi connectivity index (χ2v) is 7.81. The Kier molecular flexibility index (Phi) is 5.78. The molecule has 3 rings (SSSR count). The first kappa shape index (κ1) is 18.0. The van der Waals surface area contributed by atoms with Crippen molar-refractivity contribution in [3.63, 3.8) is 0 Å². The molecule has 0 radical (unpaired) electrons. The number of hydrogen-bond donors (Lipinski definition) is 0. The molecule has 5 nitrogen and oxygen atoms in total. The summed E-state index contributed by atoms with van der Waals surface area (Å²) in [6, 6.07) is 9.26. The van der Waals surface area contributed by atoms with E-state index in [1.807, 2.05) is 17.5 Å². The predicted molar refractivity (Wildman–Crippen MR) is 101 cm³/mol. The number of aryl methyl sites for hydroxylation is 1. The molecule has 0 aliphatic heterocycles. The molecule has 0 bridgehead atoms. The first-order chi connectivity index (χ1) is 12.0. The van der Waals surface area contributed by atoms with E-state index in [0.29, 0.717) is 22.7 Å². The molecular weight excluding hydrogens is 378 g/mol. The molecular formula is C17H16ClN3O2S2. The highest BCUT2D eigenvalue weighted by atomic mass is 35.5. The molecule has 0 unspecified atom stereocenters. The van der Waals surface area contributed by atoms with Gasteiger partial charge in [0.2, 0.25) is 11.8 Å². The fraction of sp³-hybridized carbons (Fsp3) is 0.235. The van der Waals surface area contributed by atoms with Gasteiger partial charge in [-0.25, -0.2) is 0 Å². The van der Waals surface area contributed by atoms with E-state index in [2.05, 4.69) is 23.2 Å². The van der Waals surface area contributed by atoms with Gasteiger partial charge in [0.15, 0.2) is 0 Å². The first-order valence-electron chi connectivity index (χ1n) is 7.52. The summed E-state index contributed by atoms with van der Waals surface area (Å²) in [6.07, 6.45) is 0. The smallest absolute Gasteiger partial charge is 0.277 e. The molecule has 0 saturated heterocycles. The maximum atomic E-state index is 12.3. The first-order valence-corrected chi connectivity index (χ1v) is 9.76. The van der Waals surface area contributed by atoms with Gasteiger partial charge >= 0.3 is 0 Å². The van der Waals surface area contributed by atoms with E-state index in [1.165, 1.54) is 22.2 Å². The maximum Gasteiger partial charge on any atom is 0.277 e. The van der Waals surface area contributed by atoms with Gasteiger partial charge in [-0.15, -0.1) is 21.5 Å². The Hall–Kier alpha value is -1.83. The van der Waals surface area contributed by atoms with Gasteiger partial charge in [0.05, 0.1) is 12.3 Å². The number of aromatic nitrogens is 2. The number of amides is 1. The average molecular weight is 394 g/mol. The van der Waals surface area contributed by atoms with Crippen LogP contribution in [0, 0.1) is 6.92 Å². The van der Waals surface area contributed by atoms with Crippen molar-refractivity contribution in [3.05, 3.63) is 51.2 Å². The second kappa shape index (κ2) is 8.03. The zero-order valence-corrected chi connectivity index (χ0v) is 16.1. The third-order valence-electron chi connectivity index (χ3n) is 3.57. The third kappa shape index (κ3) is 4.62. The number of hydrogen-bond acceptors (Lipinski definition) is 6. The Bertz CT molecular complexity index is 878. The van der Waals surface area contributed by atoms with Gasteiger partial charge in [0, 0.05) is 22.5 Å². The molecule has 0 spiro atoms. The van der Waals surface area contributed by atoms with Crippen LogP contribution in [0.3, 0.4) is 0 Å². The van der Waals surface area contributed by atoms with Crippen LogP contribution in [0.15, 0.2) is 45.4 Å². The van der Waals surface area contributed by atoms with Gasteiger partial charge in [-0.05, 0) is 42.1 Å². The van der Waals surface area contributed by atoms with Crippen molar-refractivity contribution >= 4 is 40.6 Å². The van der Waals surface area contributed by atoms with Gasteiger partial charge < -0.3 is 9.32 Å². The molecule has 3 aromatic rings. The SMILES string of the molecule is Cc1ccsc1CN(C)C(=O)CSc1nnc(-c2cccc(Cl)c2)o1. The molecule has 1 aromatic carbocycles. The lowest BCUT2D eigenvalue weighted by Gasteiger charge is -2.16. The summed E-state index contributed by atoms with van der Waals surface area (Å²) in [4.78, 5) is 15.2. The van der Waals surface area contributed by atoms with Crippen LogP contribution in [0.5, 0.6) is 0 Å². The second-order valence-electron chi connectivity index (χ2n) is 5.45. The van der Waals surface area contributed by atoms with Crippen LogP contribution >= 0.6 is 34.7 Å². The monoisotopic (exact) mass is 393 g/mol. The highest BCUT2D eigenvalue weighted by Gasteiger charge is 2.15. The van der Waals surface area contributed by atoms with E-state index in [4.69, 9.17) is 16.0 Å². The van der Waals surface area contributed by atoms with Crippen LogP contribution in [0.2, 0.25) is 5.02 Å². The van der Waals surface area contributed by atoms with Gasteiger partial charge in [0.1, 0.15) is 0 Å². The van der Waals surface area contributed by atoms with Crippen LogP contribution in [-0.4, -0.2) is 33.8 Å². The van der Waals surface area contributed by atoms with Crippen LogP contribution in [0.25, 0.3) is 11.5 Å². The number of halogens is 1. The Balaban J connectivity index is 1.56. The topological polar surface area (TPSA) is 59.2 Å². The number of carbonyl (C=O) groups is 1. The molecule has 0 atom stereocenters. The van der Waals surface area contributed by atoms with Crippen LogP contribution in [0.1, 0.15) is 10.4 Å². The maximum absolute atomic E-state index is 12.3. The number of carbonyl (C=O) groups excluding carboxylic acids is 1. The molecule has 0 aliphatic rings. The number of benzene rings is 1. The standard InChI is InChI=1S/C17H16ClN3O2S2/c1-11-6-7-24-14(11)9-21(2)15(22)10-25-17-20-19-16(23-17)12-4-3-5-13(18)8-12/h3-8H,9-10H2,1-2H3. The fourth-order valence-electron chi connectivity index (χ4n) is 2.11. The molecule has 0 fully saturated rings. The van der Waals surface area contributed by atoms with Crippen LogP contribution in [0.4, 0.5) is 0 Å². The van der Waals surface area contributed by atoms with Crippen molar-refractivity contribution in [2.45, 2.75) is 18.7 Å². The van der Waals surface area contributed by atoms with Crippen molar-refractivity contribution in [3.8, 4) is 11.5 Å². The summed E-state index contributed by atoms with van der Waals surface area (Å²) in [6.45, 7) is 2.66. The molecule has 0 aliphatic carbocycles. The molecule has 1 amide bonds. The zero-order chi connectivity index (χ0) is 17.8. The largest absolute Gasteiger partial charge is 0.411 e. The average Bonchev–Trinajstić information content (AvgIpc) is 3.22. The molecule has 2 aromatic heterocycles. The van der Waals surface area contributed by atoms with Crippen molar-refractivity contribution in [1.29, 1.82) is 0 Å². The van der Waals surface area contributed by atoms with Crippen molar-refractivity contribution in [2.75, 3.05) is 12.8 Å². The minimum Gasteiger partial charge on any atom is -0.411 e. The van der Waals surface area contributed by atoms with E-state index in [0.717, 1.165) is 5.56 Å². The number of thiophene rings is 1. The summed E-state index contributed by atoms with van der Waals surface area (Å²) in [5, 5.41) is 11.0. The fourth-order valence-corrected chi connectivity index (χ4v) is 3.96. The van der Waals surface area contributed by atoms with E-state index >= 15 is 0 Å². The van der Waals surface area contributed by atoms with E-state index < -0.39 is 0 Å². The Labute approximate surface area is 159 Å². The lowest BCUT2D eigenvalue weighted by atomic mass is 10.2. The van der Waals surface area contributed by atoms with Crippen molar-refractivity contribution < 1.29 is 9.21 Å². The van der Waals surface area contributed by atoms with Crippen LogP contribution < -0.4 is 0 Å². The Morgan fingerprint density at radius 1 is 1.36 bits per heavy atom. The summed E-state index contributed by atoms with van der Waals surface area (Å²) < 4.78 is 5.59. The zero-order valence-electron chi connectivity index (χ0n) is 13.7. The number of rotatable bonds is 6. The number of thioether (sulfide) groups is 1. The van der Waals surface area contributed by atoms with Gasteiger partial charge in [-0.3, -0.25) is 4.79 Å². The van der Waals surface area contributed by atoms with Crippen molar-refractivity contribution in [2.24, 2.45) is 0 Å². The molecule has 8 heteroatoms. The summed E-state index contributed by atoms with van der Waals surface area (Å²) in [7, 11) is 1.80. The minimum atomic E-state index is 0.0142. The molecule has 25 heavy (non-hydrogen) atoms. The van der Waals surface area contributed by atoms with Crippen LogP contribution in [-0.2, 0) is 11.3 Å². The van der Waals surface area contributed by atoms with Gasteiger partial charge in [-0.2, -0.15) is 0 Å². The highest BCUT2D eigenvalue weighted by Crippen LogP contribution is 2.25. The third-order valence-corrected chi connectivity index (χ3v) is 5.62. The molecule has 0 N–H and O–H groups in total. The summed E-state index contributed by atoms with van der Waals surface area (Å²) in [5.41, 5.74) is 1.96. The quantitative estimate of drug-likeness (QED) is 0.576. The van der Waals surface area contributed by atoms with Crippen molar-refractivity contribution in [1.82, 2.24) is 15.1 Å². The number of nitrogens with zero attached hydrogens (tertiary/aromatic N) is 3. The lowest BCUT2D eigenvalue weighted by molar-refractivity contribution is -0.127. The Morgan fingerprint density at radius 2 is 2.20 bits per heavy atom. The van der Waals surface area contributed by atoms with E-state index in [9.17, 15) is 4.79 Å². The highest BCUT2D eigenvalue weighted by molar-refractivity contribution is 7.99. The summed E-state index contributed by atoms with van der Waals surface area (Å²) >= 11 is 8.86. The minimum absolute atomic E-state index is 0.0142. The molecule has 2 heterocycles. The normalized spacial score (nSPS) is 10.8. The molecule has 0 saturated carbocycles. The predicted octanol–water partition coefficient (Wildman–Crippen LogP) is 4.51. The lowest BCUT2D eigenvalue weighted by Crippen LogP contribution is -2.27. The van der Waals surface area contributed by atoms with E-state index in [-0.39, 0.29) is 11.7 Å². The summed E-state index contributed by atoms with van der Waals surface area (Å²) in [5.74, 6) is 0.651. The van der Waals surface area contributed by atoms with Gasteiger partial charge in [0.25, 0.3) is 5.22 Å². The van der Waals surface area contributed by atoms with Gasteiger partial charge in [-0.1, -0.05) is 29.4 Å². The van der Waals surface area contributed by atoms with E-state index in [1.54, 1.807) is 35.4 Å².